The molecule has 0 bridgehead atoms. The van der Waals surface area contributed by atoms with Gasteiger partial charge in [0.25, 0.3) is 0 Å². The molecule has 1 aromatic carbocycles. The third kappa shape index (κ3) is 4.02. The third-order valence-electron chi connectivity index (χ3n) is 3.29. The largest absolute Gasteiger partial charge is 0.345 e. The van der Waals surface area contributed by atoms with Crippen molar-refractivity contribution in [1.82, 2.24) is 5.32 Å². The first-order valence-electron chi connectivity index (χ1n) is 6.71. The van der Waals surface area contributed by atoms with E-state index in [1.165, 1.54) is 5.56 Å². The average molecular weight is 245 g/mol. The molecule has 1 atom stereocenters. The Morgan fingerprint density at radius 2 is 1.83 bits per heavy atom. The van der Waals surface area contributed by atoms with Crippen LogP contribution in [-0.4, -0.2) is 5.91 Å². The monoisotopic (exact) mass is 245 g/mol. The van der Waals surface area contributed by atoms with Gasteiger partial charge in [-0.3, -0.25) is 4.79 Å². The van der Waals surface area contributed by atoms with Crippen LogP contribution in [0.5, 0.6) is 0 Å². The Kier molecular flexibility index (Phi) is 6.20. The highest BCUT2D eigenvalue weighted by molar-refractivity contribution is 5.87. The minimum Gasteiger partial charge on any atom is -0.345 e. The molecular weight excluding hydrogens is 222 g/mol. The van der Waals surface area contributed by atoms with Crippen LogP contribution in [-0.2, 0) is 4.79 Å². The first kappa shape index (κ1) is 14.5. The Morgan fingerprint density at radius 1 is 1.22 bits per heavy atom. The Hall–Kier alpha value is -1.57. The maximum Gasteiger partial charge on any atom is 0.244 e. The molecule has 0 fully saturated rings. The van der Waals surface area contributed by atoms with Crippen molar-refractivity contribution < 1.29 is 4.79 Å². The van der Waals surface area contributed by atoms with E-state index in [-0.39, 0.29) is 11.9 Å². The minimum atomic E-state index is -0.0155. The number of allylic oxidation sites excluding steroid dienone is 1. The van der Waals surface area contributed by atoms with E-state index in [0.29, 0.717) is 5.92 Å². The normalized spacial score (nSPS) is 12.9. The molecule has 1 rings (SSSR count). The molecule has 2 nitrogen and oxygen atoms in total. The fourth-order valence-electron chi connectivity index (χ4n) is 2.25. The average Bonchev–Trinajstić information content (AvgIpc) is 2.40. The van der Waals surface area contributed by atoms with Gasteiger partial charge in [0, 0.05) is 0 Å². The first-order valence-corrected chi connectivity index (χ1v) is 6.71. The van der Waals surface area contributed by atoms with Crippen LogP contribution in [0.2, 0.25) is 0 Å². The fourth-order valence-corrected chi connectivity index (χ4v) is 2.25. The van der Waals surface area contributed by atoms with Gasteiger partial charge in [-0.25, -0.2) is 0 Å². The Labute approximate surface area is 110 Å². The van der Waals surface area contributed by atoms with Crippen molar-refractivity contribution in [1.29, 1.82) is 0 Å². The van der Waals surface area contributed by atoms with Crippen LogP contribution in [0, 0.1) is 5.92 Å². The van der Waals surface area contributed by atoms with Gasteiger partial charge in [-0.2, -0.15) is 0 Å². The smallest absolute Gasteiger partial charge is 0.244 e. The quantitative estimate of drug-likeness (QED) is 0.758. The van der Waals surface area contributed by atoms with E-state index in [1.54, 1.807) is 12.2 Å². The molecule has 18 heavy (non-hydrogen) atoms. The number of nitrogens with one attached hydrogen (secondary N) is 1. The maximum absolute atomic E-state index is 11.8. The molecule has 0 aliphatic rings. The molecule has 0 radical (unpaired) electrons. The van der Waals surface area contributed by atoms with Gasteiger partial charge in [0.15, 0.2) is 0 Å². The topological polar surface area (TPSA) is 29.1 Å². The summed E-state index contributed by atoms with van der Waals surface area (Å²) in [5.74, 6) is 0.458. The predicted molar refractivity (Wildman–Crippen MR) is 76.2 cm³/mol. The van der Waals surface area contributed by atoms with Gasteiger partial charge in [-0.05, 0) is 24.5 Å². The summed E-state index contributed by atoms with van der Waals surface area (Å²) in [6.07, 6.45) is 5.47. The second-order valence-corrected chi connectivity index (χ2v) is 4.47. The summed E-state index contributed by atoms with van der Waals surface area (Å²) < 4.78 is 0. The molecule has 0 saturated heterocycles. The number of hydrogen-bond acceptors (Lipinski definition) is 1. The van der Waals surface area contributed by atoms with Crippen LogP contribution >= 0.6 is 0 Å². The first-order chi connectivity index (χ1) is 8.72. The van der Waals surface area contributed by atoms with Crippen LogP contribution in [0.25, 0.3) is 0 Å². The molecule has 1 unspecified atom stereocenters. The molecular formula is C16H23NO. The van der Waals surface area contributed by atoms with Crippen molar-refractivity contribution in [2.45, 2.75) is 39.7 Å². The molecule has 0 saturated carbocycles. The number of rotatable bonds is 6. The van der Waals surface area contributed by atoms with Gasteiger partial charge in [0.1, 0.15) is 0 Å². The van der Waals surface area contributed by atoms with Gasteiger partial charge in [-0.1, -0.05) is 63.1 Å². The third-order valence-corrected chi connectivity index (χ3v) is 3.29. The Balaban J connectivity index is 2.91. The molecule has 1 amide bonds. The Morgan fingerprint density at radius 3 is 2.33 bits per heavy atom. The molecule has 2 heteroatoms. The van der Waals surface area contributed by atoms with E-state index < -0.39 is 0 Å². The van der Waals surface area contributed by atoms with Crippen LogP contribution in [0.3, 0.4) is 0 Å². The van der Waals surface area contributed by atoms with Gasteiger partial charge >= 0.3 is 0 Å². The number of carbonyl (C=O) groups is 1. The van der Waals surface area contributed by atoms with Crippen LogP contribution < -0.4 is 5.32 Å². The van der Waals surface area contributed by atoms with Crippen molar-refractivity contribution in [2.75, 3.05) is 0 Å². The van der Waals surface area contributed by atoms with Gasteiger partial charge in [0.05, 0.1) is 6.04 Å². The summed E-state index contributed by atoms with van der Waals surface area (Å²) in [6.45, 7) is 6.20. The predicted octanol–water partition coefficient (Wildman–Crippen LogP) is 3.86. The second kappa shape index (κ2) is 7.70. The van der Waals surface area contributed by atoms with Gasteiger partial charge < -0.3 is 5.32 Å². The van der Waals surface area contributed by atoms with Gasteiger partial charge in [0.2, 0.25) is 5.91 Å². The lowest BCUT2D eigenvalue weighted by atomic mass is 9.89. The molecule has 98 valence electrons. The molecule has 1 aromatic rings. The van der Waals surface area contributed by atoms with Crippen molar-refractivity contribution in [3.05, 3.63) is 48.0 Å². The zero-order valence-electron chi connectivity index (χ0n) is 11.5. The molecule has 0 heterocycles. The molecule has 1 N–H and O–H groups in total. The van der Waals surface area contributed by atoms with Crippen molar-refractivity contribution in [3.8, 4) is 0 Å². The van der Waals surface area contributed by atoms with E-state index in [4.69, 9.17) is 0 Å². The standard InChI is InChI=1S/C16H23NO/c1-4-10-15(18)17-16(13(5-2)6-3)14-11-8-7-9-12-14/h4,7-13,16H,5-6H2,1-3H3,(H,17,18)/b10-4+. The summed E-state index contributed by atoms with van der Waals surface area (Å²) in [5, 5.41) is 3.11. The van der Waals surface area contributed by atoms with Crippen molar-refractivity contribution in [2.24, 2.45) is 5.92 Å². The minimum absolute atomic E-state index is 0.0155. The summed E-state index contributed by atoms with van der Waals surface area (Å²) in [7, 11) is 0. The molecule has 0 aromatic heterocycles. The van der Waals surface area contributed by atoms with E-state index in [2.05, 4.69) is 31.3 Å². The lowest BCUT2D eigenvalue weighted by Crippen LogP contribution is -2.32. The Bertz CT molecular complexity index is 379. The molecule has 0 spiro atoms. The summed E-state index contributed by atoms with van der Waals surface area (Å²) in [6, 6.07) is 10.3. The summed E-state index contributed by atoms with van der Waals surface area (Å²) in [5.41, 5.74) is 1.18. The molecule has 0 aliphatic carbocycles. The highest BCUT2D eigenvalue weighted by Gasteiger charge is 2.21. The van der Waals surface area contributed by atoms with Crippen LogP contribution in [0.15, 0.2) is 42.5 Å². The van der Waals surface area contributed by atoms with E-state index in [1.807, 2.05) is 25.1 Å². The van der Waals surface area contributed by atoms with E-state index in [9.17, 15) is 4.79 Å². The second-order valence-electron chi connectivity index (χ2n) is 4.47. The van der Waals surface area contributed by atoms with Crippen molar-refractivity contribution >= 4 is 5.91 Å². The molecule has 0 aliphatic heterocycles. The van der Waals surface area contributed by atoms with E-state index in [0.717, 1.165) is 12.8 Å². The highest BCUT2D eigenvalue weighted by atomic mass is 16.1. The summed E-state index contributed by atoms with van der Waals surface area (Å²) in [4.78, 5) is 11.8. The highest BCUT2D eigenvalue weighted by Crippen LogP contribution is 2.27. The zero-order valence-corrected chi connectivity index (χ0v) is 11.5. The number of carbonyl (C=O) groups excluding carboxylic acids is 1. The van der Waals surface area contributed by atoms with Crippen molar-refractivity contribution in [3.63, 3.8) is 0 Å². The zero-order chi connectivity index (χ0) is 13.4. The fraction of sp³-hybridized carbons (Fsp3) is 0.438. The number of amides is 1. The SMILES string of the molecule is C/C=C/C(=O)NC(c1ccccc1)C(CC)CC. The lowest BCUT2D eigenvalue weighted by molar-refractivity contribution is -0.117. The maximum atomic E-state index is 11.8. The van der Waals surface area contributed by atoms with E-state index >= 15 is 0 Å². The lowest BCUT2D eigenvalue weighted by Gasteiger charge is -2.26. The van der Waals surface area contributed by atoms with Crippen LogP contribution in [0.1, 0.15) is 45.2 Å². The summed E-state index contributed by atoms with van der Waals surface area (Å²) >= 11 is 0. The van der Waals surface area contributed by atoms with Gasteiger partial charge in [-0.15, -0.1) is 0 Å². The number of benzene rings is 1. The van der Waals surface area contributed by atoms with Crippen LogP contribution in [0.4, 0.5) is 0 Å². The number of hydrogen-bond donors (Lipinski definition) is 1.